The van der Waals surface area contributed by atoms with Crippen LogP contribution in [0.25, 0.3) is 75.8 Å². The highest BCUT2D eigenvalue weighted by Crippen LogP contribution is 2.39. The minimum atomic E-state index is 0.910. The molecule has 9 aromatic rings. The van der Waals surface area contributed by atoms with E-state index >= 15 is 0 Å². The van der Waals surface area contributed by atoms with E-state index in [-0.39, 0.29) is 0 Å². The number of benzene rings is 9. The molecule has 0 saturated heterocycles. The fraction of sp³-hybridized carbons (Fsp3) is 0.0222. The van der Waals surface area contributed by atoms with E-state index < -0.39 is 0 Å². The van der Waals surface area contributed by atoms with Crippen molar-refractivity contribution >= 4 is 75.8 Å². The second-order valence-electron chi connectivity index (χ2n) is 12.4. The maximum atomic E-state index is 2.44. The van der Waals surface area contributed by atoms with Gasteiger partial charge in [-0.05, 0) is 116 Å². The van der Waals surface area contributed by atoms with Gasteiger partial charge in [-0.1, -0.05) is 146 Å². The predicted molar refractivity (Wildman–Crippen MR) is 193 cm³/mol. The molecule has 0 N–H and O–H groups in total. The molecule has 0 spiro atoms. The Kier molecular flexibility index (Phi) is 5.15. The van der Waals surface area contributed by atoms with Crippen molar-refractivity contribution < 1.29 is 0 Å². The summed E-state index contributed by atoms with van der Waals surface area (Å²) >= 11 is 0. The first-order chi connectivity index (χ1) is 22.3. The maximum absolute atomic E-state index is 2.44. The third-order valence-corrected chi connectivity index (χ3v) is 10.1. The molecule has 0 unspecified atom stereocenters. The highest BCUT2D eigenvalue weighted by Gasteiger charge is 2.19. The summed E-state index contributed by atoms with van der Waals surface area (Å²) in [4.78, 5) is 0. The van der Waals surface area contributed by atoms with E-state index in [0.717, 1.165) is 6.42 Å². The molecule has 0 heteroatoms. The first-order valence-electron chi connectivity index (χ1n) is 15.8. The van der Waals surface area contributed by atoms with E-state index in [4.69, 9.17) is 0 Å². The molecule has 9 aromatic carbocycles. The molecule has 1 aliphatic carbocycles. The average Bonchev–Trinajstić information content (AvgIpc) is 3.51. The highest BCUT2D eigenvalue weighted by molar-refractivity contribution is 6.26. The van der Waals surface area contributed by atoms with E-state index in [1.54, 1.807) is 0 Å². The molecule has 45 heavy (non-hydrogen) atoms. The molecule has 208 valence electrons. The Morgan fingerprint density at radius 1 is 0.244 bits per heavy atom. The Balaban J connectivity index is 1.21. The van der Waals surface area contributed by atoms with Crippen LogP contribution in [-0.2, 0) is 0 Å². The predicted octanol–water partition coefficient (Wildman–Crippen LogP) is 10.4. The van der Waals surface area contributed by atoms with Crippen LogP contribution >= 0.6 is 0 Å². The van der Waals surface area contributed by atoms with E-state index in [9.17, 15) is 0 Å². The van der Waals surface area contributed by atoms with Gasteiger partial charge in [0.15, 0.2) is 0 Å². The SMILES string of the molecule is c1ccc2c(c1)=C(c1ccc3c4ccccc4c4ccccc4c3c1)CC=2c1ccc2c3ccccc3c3ccccc3c2c1. The van der Waals surface area contributed by atoms with Crippen LogP contribution in [0, 0.1) is 0 Å². The van der Waals surface area contributed by atoms with Gasteiger partial charge in [-0.15, -0.1) is 0 Å². The molecule has 0 aromatic heterocycles. The Hall–Kier alpha value is -5.72. The van der Waals surface area contributed by atoms with Gasteiger partial charge in [0.25, 0.3) is 0 Å². The summed E-state index contributed by atoms with van der Waals surface area (Å²) in [7, 11) is 0. The first kappa shape index (κ1) is 24.7. The molecule has 0 atom stereocenters. The van der Waals surface area contributed by atoms with Crippen molar-refractivity contribution in [3.63, 3.8) is 0 Å². The van der Waals surface area contributed by atoms with Crippen LogP contribution in [0.5, 0.6) is 0 Å². The standard InChI is InChI=1S/C45H28/c1-3-15-34-30(11-1)32-13-5-9-19-38(32)44-25-28(21-23-40(34)44)42-27-43(37-18-8-7-17-36(37)42)29-22-24-41-35-16-4-2-12-31(35)33-14-6-10-20-39(33)45(41)26-29/h1-26H,27H2. The zero-order valence-electron chi connectivity index (χ0n) is 24.7. The monoisotopic (exact) mass is 568 g/mol. The van der Waals surface area contributed by atoms with Crippen LogP contribution in [0.15, 0.2) is 158 Å². The molecular formula is C45H28. The van der Waals surface area contributed by atoms with Gasteiger partial charge in [0.05, 0.1) is 0 Å². The number of hydrogen-bond acceptors (Lipinski definition) is 0. The normalized spacial score (nSPS) is 13.2. The minimum Gasteiger partial charge on any atom is -0.0616 e. The fourth-order valence-electron chi connectivity index (χ4n) is 8.08. The summed E-state index contributed by atoms with van der Waals surface area (Å²) in [6.07, 6.45) is 0.910. The lowest BCUT2D eigenvalue weighted by molar-refractivity contribution is 1.42. The van der Waals surface area contributed by atoms with Gasteiger partial charge in [0, 0.05) is 0 Å². The summed E-state index contributed by atoms with van der Waals surface area (Å²) in [5, 5.41) is 18.5. The van der Waals surface area contributed by atoms with E-state index in [1.807, 2.05) is 0 Å². The lowest BCUT2D eigenvalue weighted by atomic mass is 9.90. The average molecular weight is 569 g/mol. The molecule has 0 aliphatic heterocycles. The Morgan fingerprint density at radius 2 is 0.511 bits per heavy atom. The summed E-state index contributed by atoms with van der Waals surface area (Å²) in [5.41, 5.74) is 5.43. The topological polar surface area (TPSA) is 0 Å². The third kappa shape index (κ3) is 3.54. The van der Waals surface area contributed by atoms with Crippen molar-refractivity contribution in [2.75, 3.05) is 0 Å². The van der Waals surface area contributed by atoms with Crippen LogP contribution in [-0.4, -0.2) is 0 Å². The van der Waals surface area contributed by atoms with Crippen LogP contribution in [0.4, 0.5) is 0 Å². The lowest BCUT2D eigenvalue weighted by Crippen LogP contribution is -2.23. The molecule has 1 aliphatic rings. The molecule has 0 radical (unpaired) electrons. The van der Waals surface area contributed by atoms with Gasteiger partial charge in [0.1, 0.15) is 0 Å². The van der Waals surface area contributed by atoms with Gasteiger partial charge in [0.2, 0.25) is 0 Å². The van der Waals surface area contributed by atoms with E-state index in [1.165, 1.54) is 97.3 Å². The van der Waals surface area contributed by atoms with Crippen LogP contribution in [0.2, 0.25) is 0 Å². The first-order valence-corrected chi connectivity index (χ1v) is 15.8. The third-order valence-electron chi connectivity index (χ3n) is 10.1. The summed E-state index contributed by atoms with van der Waals surface area (Å²) in [5.74, 6) is 0. The van der Waals surface area contributed by atoms with Crippen molar-refractivity contribution in [3.8, 4) is 0 Å². The van der Waals surface area contributed by atoms with Gasteiger partial charge in [-0.3, -0.25) is 0 Å². The lowest BCUT2D eigenvalue weighted by Gasteiger charge is -2.14. The van der Waals surface area contributed by atoms with Gasteiger partial charge in [-0.2, -0.15) is 0 Å². The molecular weight excluding hydrogens is 540 g/mol. The van der Waals surface area contributed by atoms with Crippen molar-refractivity contribution in [2.24, 2.45) is 0 Å². The smallest absolute Gasteiger partial charge is 0.000155 e. The van der Waals surface area contributed by atoms with E-state index in [2.05, 4.69) is 158 Å². The van der Waals surface area contributed by atoms with Crippen molar-refractivity contribution in [2.45, 2.75) is 6.42 Å². The maximum Gasteiger partial charge on any atom is -0.000155 e. The summed E-state index contributed by atoms with van der Waals surface area (Å²) in [6, 6.07) is 58.6. The summed E-state index contributed by atoms with van der Waals surface area (Å²) in [6.45, 7) is 0. The molecule has 0 saturated carbocycles. The largest absolute Gasteiger partial charge is 0.0616 e. The van der Waals surface area contributed by atoms with Crippen LogP contribution in [0.1, 0.15) is 17.5 Å². The molecule has 0 fully saturated rings. The number of rotatable bonds is 2. The Morgan fingerprint density at radius 3 is 0.844 bits per heavy atom. The van der Waals surface area contributed by atoms with Crippen molar-refractivity contribution in [1.29, 1.82) is 0 Å². The minimum absolute atomic E-state index is 0.910. The fourth-order valence-corrected chi connectivity index (χ4v) is 8.08. The van der Waals surface area contributed by atoms with Crippen molar-refractivity contribution in [3.05, 3.63) is 179 Å². The molecule has 10 rings (SSSR count). The second-order valence-corrected chi connectivity index (χ2v) is 12.4. The zero-order chi connectivity index (χ0) is 29.5. The number of fused-ring (bicyclic) bond motifs is 13. The van der Waals surface area contributed by atoms with Crippen molar-refractivity contribution in [1.82, 2.24) is 0 Å². The van der Waals surface area contributed by atoms with Gasteiger partial charge in [-0.25, -0.2) is 0 Å². The molecule has 0 nitrogen and oxygen atoms in total. The second kappa shape index (κ2) is 9.39. The van der Waals surface area contributed by atoms with Gasteiger partial charge >= 0.3 is 0 Å². The van der Waals surface area contributed by atoms with E-state index in [0.29, 0.717) is 0 Å². The molecule has 0 heterocycles. The Bertz CT molecular complexity index is 2570. The quantitative estimate of drug-likeness (QED) is 0.182. The molecule has 0 amide bonds. The number of hydrogen-bond donors (Lipinski definition) is 0. The Labute approximate surface area is 260 Å². The zero-order valence-corrected chi connectivity index (χ0v) is 24.7. The molecule has 0 bridgehead atoms. The highest BCUT2D eigenvalue weighted by atomic mass is 14.2. The van der Waals surface area contributed by atoms with Gasteiger partial charge < -0.3 is 0 Å². The summed E-state index contributed by atoms with van der Waals surface area (Å²) < 4.78 is 0. The van der Waals surface area contributed by atoms with Crippen LogP contribution < -0.4 is 10.4 Å². The van der Waals surface area contributed by atoms with Crippen LogP contribution in [0.3, 0.4) is 0 Å².